The smallest absolute Gasteiger partial charge is 0.197 e. The monoisotopic (exact) mass is 290 g/mol. The molecule has 0 unspecified atom stereocenters. The van der Waals surface area contributed by atoms with Gasteiger partial charge in [0.25, 0.3) is 0 Å². The number of rotatable bonds is 1. The Labute approximate surface area is 112 Å². The highest BCUT2D eigenvalue weighted by Crippen LogP contribution is 2.27. The molecule has 1 aromatic heterocycles. The molecule has 1 aromatic carbocycles. The van der Waals surface area contributed by atoms with Crippen molar-refractivity contribution >= 4 is 34.8 Å². The maximum Gasteiger partial charge on any atom is 0.197 e. The third kappa shape index (κ3) is 2.51. The van der Waals surface area contributed by atoms with Crippen molar-refractivity contribution in [3.63, 3.8) is 0 Å². The van der Waals surface area contributed by atoms with Crippen LogP contribution in [0.5, 0.6) is 0 Å². The highest BCUT2D eigenvalue weighted by molar-refractivity contribution is 6.33. The zero-order valence-corrected chi connectivity index (χ0v) is 10.9. The Morgan fingerprint density at radius 1 is 1.06 bits per heavy atom. The quantitative estimate of drug-likeness (QED) is 0.720. The molecule has 0 fully saturated rings. The first kappa shape index (κ1) is 12.6. The summed E-state index contributed by atoms with van der Waals surface area (Å²) >= 11 is 17.1. The molecule has 0 saturated heterocycles. The van der Waals surface area contributed by atoms with Crippen molar-refractivity contribution in [2.24, 2.45) is 0 Å². The molecule has 0 amide bonds. The van der Waals surface area contributed by atoms with Gasteiger partial charge in [-0.3, -0.25) is 0 Å². The van der Waals surface area contributed by atoms with Crippen LogP contribution in [0.2, 0.25) is 15.3 Å². The second kappa shape index (κ2) is 4.77. The van der Waals surface area contributed by atoms with E-state index in [4.69, 9.17) is 34.8 Å². The van der Waals surface area contributed by atoms with Crippen molar-refractivity contribution in [3.8, 4) is 11.4 Å². The van der Waals surface area contributed by atoms with Crippen LogP contribution in [0.1, 0.15) is 5.56 Å². The van der Waals surface area contributed by atoms with Crippen LogP contribution in [-0.4, -0.2) is 9.97 Å². The van der Waals surface area contributed by atoms with Crippen LogP contribution >= 0.6 is 34.8 Å². The summed E-state index contributed by atoms with van der Waals surface area (Å²) in [6, 6.07) is 5.18. The van der Waals surface area contributed by atoms with Crippen molar-refractivity contribution in [1.29, 1.82) is 0 Å². The third-order valence-corrected chi connectivity index (χ3v) is 2.94. The number of hydrogen-bond acceptors (Lipinski definition) is 2. The lowest BCUT2D eigenvalue weighted by Crippen LogP contribution is -1.96. The lowest BCUT2D eigenvalue weighted by molar-refractivity contribution is 0.615. The van der Waals surface area contributed by atoms with E-state index in [2.05, 4.69) is 9.97 Å². The van der Waals surface area contributed by atoms with E-state index in [-0.39, 0.29) is 16.1 Å². The summed E-state index contributed by atoms with van der Waals surface area (Å²) in [6.45, 7) is 1.84. The van der Waals surface area contributed by atoms with Crippen molar-refractivity contribution in [3.05, 3.63) is 44.9 Å². The fraction of sp³-hybridized carbons (Fsp3) is 0.0909. The minimum Gasteiger partial charge on any atom is -0.213 e. The fourth-order valence-corrected chi connectivity index (χ4v) is 2.01. The number of benzene rings is 1. The van der Waals surface area contributed by atoms with Crippen LogP contribution in [0.25, 0.3) is 11.4 Å². The first-order valence-electron chi connectivity index (χ1n) is 4.64. The van der Waals surface area contributed by atoms with E-state index in [1.54, 1.807) is 18.2 Å². The molecule has 2 rings (SSSR count). The second-order valence-electron chi connectivity index (χ2n) is 3.40. The molecule has 0 atom stereocenters. The molecule has 2 aromatic rings. The van der Waals surface area contributed by atoms with E-state index in [0.29, 0.717) is 10.6 Å². The van der Waals surface area contributed by atoms with E-state index in [0.717, 1.165) is 5.56 Å². The van der Waals surface area contributed by atoms with E-state index >= 15 is 0 Å². The summed E-state index contributed by atoms with van der Waals surface area (Å²) in [6.07, 6.45) is 0. The standard InChI is InChI=1S/C11H6Cl3FN2/c1-5-4-6(12)2-3-7(5)11-16-9(13)8(15)10(14)17-11/h2-4H,1H3. The maximum atomic E-state index is 13.2. The summed E-state index contributed by atoms with van der Waals surface area (Å²) in [5.41, 5.74) is 1.56. The van der Waals surface area contributed by atoms with Gasteiger partial charge in [-0.15, -0.1) is 0 Å². The predicted molar refractivity (Wildman–Crippen MR) is 67.2 cm³/mol. The number of halogens is 4. The summed E-state index contributed by atoms with van der Waals surface area (Å²) in [5.74, 6) is -0.542. The number of aromatic nitrogens is 2. The molecule has 0 bridgehead atoms. The molecule has 0 N–H and O–H groups in total. The molecule has 0 aliphatic heterocycles. The van der Waals surface area contributed by atoms with Gasteiger partial charge in [0.05, 0.1) is 0 Å². The minimum absolute atomic E-state index is 0.274. The molecule has 0 saturated carbocycles. The number of nitrogens with zero attached hydrogens (tertiary/aromatic N) is 2. The van der Waals surface area contributed by atoms with Crippen LogP contribution in [0.4, 0.5) is 4.39 Å². The van der Waals surface area contributed by atoms with E-state index in [9.17, 15) is 4.39 Å². The van der Waals surface area contributed by atoms with Crippen LogP contribution in [0.15, 0.2) is 18.2 Å². The van der Waals surface area contributed by atoms with Gasteiger partial charge in [0.15, 0.2) is 21.9 Å². The van der Waals surface area contributed by atoms with Crippen molar-refractivity contribution < 1.29 is 4.39 Å². The maximum absolute atomic E-state index is 13.2. The first-order chi connectivity index (χ1) is 7.99. The average Bonchev–Trinajstić information content (AvgIpc) is 2.25. The summed E-state index contributed by atoms with van der Waals surface area (Å²) in [7, 11) is 0. The summed E-state index contributed by atoms with van der Waals surface area (Å²) in [4.78, 5) is 7.69. The van der Waals surface area contributed by atoms with Crippen LogP contribution < -0.4 is 0 Å². The van der Waals surface area contributed by atoms with Crippen molar-refractivity contribution in [1.82, 2.24) is 9.97 Å². The van der Waals surface area contributed by atoms with Gasteiger partial charge < -0.3 is 0 Å². The average molecular weight is 292 g/mol. The molecule has 0 aliphatic carbocycles. The largest absolute Gasteiger partial charge is 0.213 e. The molecule has 17 heavy (non-hydrogen) atoms. The molecule has 2 nitrogen and oxygen atoms in total. The summed E-state index contributed by atoms with van der Waals surface area (Å²) < 4.78 is 13.2. The number of hydrogen-bond donors (Lipinski definition) is 0. The zero-order chi connectivity index (χ0) is 12.6. The predicted octanol–water partition coefficient (Wildman–Crippen LogP) is 4.55. The Morgan fingerprint density at radius 2 is 1.65 bits per heavy atom. The lowest BCUT2D eigenvalue weighted by Gasteiger charge is -2.06. The van der Waals surface area contributed by atoms with Gasteiger partial charge in [-0.2, -0.15) is 0 Å². The fourth-order valence-electron chi connectivity index (χ4n) is 1.39. The van der Waals surface area contributed by atoms with Gasteiger partial charge in [0.1, 0.15) is 0 Å². The van der Waals surface area contributed by atoms with Crippen molar-refractivity contribution in [2.45, 2.75) is 6.92 Å². The second-order valence-corrected chi connectivity index (χ2v) is 4.55. The van der Waals surface area contributed by atoms with Gasteiger partial charge in [-0.1, -0.05) is 34.8 Å². The Hall–Kier alpha value is -0.900. The number of aryl methyl sites for hydroxylation is 1. The molecular weight excluding hydrogens is 285 g/mol. The SMILES string of the molecule is Cc1cc(Cl)ccc1-c1nc(Cl)c(F)c(Cl)n1. The molecule has 6 heteroatoms. The Kier molecular flexibility index (Phi) is 3.52. The highest BCUT2D eigenvalue weighted by atomic mass is 35.5. The topological polar surface area (TPSA) is 25.8 Å². The zero-order valence-electron chi connectivity index (χ0n) is 8.64. The highest BCUT2D eigenvalue weighted by Gasteiger charge is 2.13. The molecule has 0 aliphatic rings. The lowest BCUT2D eigenvalue weighted by atomic mass is 10.1. The van der Waals surface area contributed by atoms with Crippen LogP contribution in [0, 0.1) is 12.7 Å². The Bertz CT molecular complexity index is 564. The first-order valence-corrected chi connectivity index (χ1v) is 5.77. The molecule has 1 heterocycles. The molecule has 88 valence electrons. The van der Waals surface area contributed by atoms with Gasteiger partial charge in [0, 0.05) is 10.6 Å². The van der Waals surface area contributed by atoms with Crippen LogP contribution in [-0.2, 0) is 0 Å². The van der Waals surface area contributed by atoms with Crippen LogP contribution in [0.3, 0.4) is 0 Å². The van der Waals surface area contributed by atoms with E-state index < -0.39 is 5.82 Å². The van der Waals surface area contributed by atoms with Gasteiger partial charge in [0.2, 0.25) is 0 Å². The molecular formula is C11H6Cl3FN2. The Morgan fingerprint density at radius 3 is 2.18 bits per heavy atom. The molecule has 0 radical (unpaired) electrons. The third-order valence-electron chi connectivity index (χ3n) is 2.20. The van der Waals surface area contributed by atoms with Gasteiger partial charge >= 0.3 is 0 Å². The van der Waals surface area contributed by atoms with Crippen molar-refractivity contribution in [2.75, 3.05) is 0 Å². The minimum atomic E-state index is -0.816. The molecule has 0 spiro atoms. The Balaban J connectivity index is 2.61. The van der Waals surface area contributed by atoms with Gasteiger partial charge in [-0.05, 0) is 30.7 Å². The normalized spacial score (nSPS) is 10.6. The van der Waals surface area contributed by atoms with E-state index in [1.807, 2.05) is 6.92 Å². The summed E-state index contributed by atoms with van der Waals surface area (Å²) in [5, 5.41) is 0.00857. The van der Waals surface area contributed by atoms with Gasteiger partial charge in [-0.25, -0.2) is 14.4 Å². The van der Waals surface area contributed by atoms with E-state index in [1.165, 1.54) is 0 Å².